The fourth-order valence-corrected chi connectivity index (χ4v) is 4.09. The van der Waals surface area contributed by atoms with Gasteiger partial charge in [-0.1, -0.05) is 25.1 Å². The van der Waals surface area contributed by atoms with Crippen LogP contribution in [0.1, 0.15) is 47.1 Å². The fraction of sp³-hybridized carbons (Fsp3) is 0.360. The van der Waals surface area contributed by atoms with Crippen LogP contribution in [-0.4, -0.2) is 49.5 Å². The van der Waals surface area contributed by atoms with Gasteiger partial charge in [-0.15, -0.1) is 0 Å². The van der Waals surface area contributed by atoms with Crippen LogP contribution in [0.15, 0.2) is 51.7 Å². The second-order valence-corrected chi connectivity index (χ2v) is 8.06. The van der Waals surface area contributed by atoms with Crippen molar-refractivity contribution in [3.05, 3.63) is 75.1 Å². The predicted molar refractivity (Wildman–Crippen MR) is 121 cm³/mol. The molecule has 6 nitrogen and oxygen atoms in total. The van der Waals surface area contributed by atoms with Crippen LogP contribution in [0.5, 0.6) is 5.75 Å². The normalized spacial score (nSPS) is 15.7. The van der Waals surface area contributed by atoms with Gasteiger partial charge < -0.3 is 19.0 Å². The Labute approximate surface area is 182 Å². The summed E-state index contributed by atoms with van der Waals surface area (Å²) in [7, 11) is 3.92. The van der Waals surface area contributed by atoms with E-state index in [4.69, 9.17) is 9.15 Å². The first-order valence-electron chi connectivity index (χ1n) is 10.7. The molecule has 162 valence electrons. The van der Waals surface area contributed by atoms with E-state index in [9.17, 15) is 9.59 Å². The van der Waals surface area contributed by atoms with E-state index >= 15 is 0 Å². The van der Waals surface area contributed by atoms with E-state index < -0.39 is 6.04 Å². The quantitative estimate of drug-likeness (QED) is 0.581. The minimum Gasteiger partial charge on any atom is -0.494 e. The highest BCUT2D eigenvalue weighted by Crippen LogP contribution is 2.38. The number of rotatable bonds is 7. The van der Waals surface area contributed by atoms with E-state index in [1.165, 1.54) is 0 Å². The number of aryl methyl sites for hydroxylation is 1. The summed E-state index contributed by atoms with van der Waals surface area (Å²) in [6, 6.07) is 12.7. The zero-order valence-electron chi connectivity index (χ0n) is 18.5. The molecule has 31 heavy (non-hydrogen) atoms. The van der Waals surface area contributed by atoms with Crippen LogP contribution in [0.2, 0.25) is 0 Å². The largest absolute Gasteiger partial charge is 0.494 e. The van der Waals surface area contributed by atoms with Crippen LogP contribution in [0.4, 0.5) is 0 Å². The molecule has 4 rings (SSSR count). The number of hydrogen-bond donors (Lipinski definition) is 0. The molecule has 3 aromatic rings. The van der Waals surface area contributed by atoms with Gasteiger partial charge in [-0.05, 0) is 62.8 Å². The third-order valence-corrected chi connectivity index (χ3v) is 5.73. The number of likely N-dealkylation sites (N-methyl/N-ethyl adjacent to an activating group) is 1. The van der Waals surface area contributed by atoms with Crippen LogP contribution >= 0.6 is 0 Å². The lowest BCUT2D eigenvalue weighted by Crippen LogP contribution is -2.35. The van der Waals surface area contributed by atoms with Crippen molar-refractivity contribution in [3.63, 3.8) is 0 Å². The Hall–Kier alpha value is -3.12. The van der Waals surface area contributed by atoms with E-state index in [-0.39, 0.29) is 17.1 Å². The maximum absolute atomic E-state index is 13.6. The molecule has 0 N–H and O–H groups in total. The second-order valence-electron chi connectivity index (χ2n) is 8.06. The molecule has 2 heterocycles. The van der Waals surface area contributed by atoms with Crippen LogP contribution in [0, 0.1) is 0 Å². The van der Waals surface area contributed by atoms with Gasteiger partial charge in [-0.25, -0.2) is 0 Å². The topological polar surface area (TPSA) is 63.0 Å². The van der Waals surface area contributed by atoms with Crippen LogP contribution in [0.3, 0.4) is 0 Å². The van der Waals surface area contributed by atoms with Crippen LogP contribution in [0.25, 0.3) is 11.0 Å². The monoisotopic (exact) mass is 420 g/mol. The number of carbonyl (C=O) groups is 1. The smallest absolute Gasteiger partial charge is 0.290 e. The van der Waals surface area contributed by atoms with Gasteiger partial charge in [-0.2, -0.15) is 0 Å². The van der Waals surface area contributed by atoms with E-state index in [2.05, 4.69) is 0 Å². The van der Waals surface area contributed by atoms with Crippen molar-refractivity contribution in [2.75, 3.05) is 33.8 Å². The molecule has 0 bridgehead atoms. The highest BCUT2D eigenvalue weighted by molar-refractivity contribution is 5.99. The number of fused-ring (bicyclic) bond motifs is 2. The first kappa shape index (κ1) is 21.1. The number of amides is 1. The molecular formula is C25H28N2O4. The molecule has 1 aromatic heterocycles. The highest BCUT2D eigenvalue weighted by Gasteiger charge is 2.42. The van der Waals surface area contributed by atoms with Crippen molar-refractivity contribution < 1.29 is 13.9 Å². The number of ether oxygens (including phenoxy) is 1. The van der Waals surface area contributed by atoms with Gasteiger partial charge in [0, 0.05) is 13.1 Å². The summed E-state index contributed by atoms with van der Waals surface area (Å²) in [5.41, 5.74) is 2.67. The molecule has 0 spiro atoms. The molecule has 1 aliphatic heterocycles. The van der Waals surface area contributed by atoms with Crippen molar-refractivity contribution in [2.24, 2.45) is 0 Å². The maximum Gasteiger partial charge on any atom is 0.290 e. The molecule has 0 radical (unpaired) electrons. The average molecular weight is 421 g/mol. The Bertz CT molecular complexity index is 1160. The highest BCUT2D eigenvalue weighted by atomic mass is 16.5. The molecule has 0 saturated carbocycles. The summed E-state index contributed by atoms with van der Waals surface area (Å²) >= 11 is 0. The number of nitrogens with zero attached hydrogens (tertiary/aromatic N) is 2. The van der Waals surface area contributed by atoms with Gasteiger partial charge in [0.1, 0.15) is 11.3 Å². The average Bonchev–Trinajstić information content (AvgIpc) is 3.05. The van der Waals surface area contributed by atoms with Crippen molar-refractivity contribution in [3.8, 4) is 5.75 Å². The van der Waals surface area contributed by atoms with Gasteiger partial charge in [0.15, 0.2) is 5.43 Å². The van der Waals surface area contributed by atoms with Crippen LogP contribution in [-0.2, 0) is 6.42 Å². The first-order valence-corrected chi connectivity index (χ1v) is 10.7. The Morgan fingerprint density at radius 2 is 1.81 bits per heavy atom. The second kappa shape index (κ2) is 8.55. The number of hydrogen-bond acceptors (Lipinski definition) is 5. The Balaban J connectivity index is 1.88. The standard InChI is InChI=1S/C25H28N2O4/c1-5-16-7-12-20-19(15-16)23(28)21-22(17-8-10-18(11-9-17)30-6-2)27(14-13-26(3)4)25(29)24(21)31-20/h7-12,15,22H,5-6,13-14H2,1-4H3. The lowest BCUT2D eigenvalue weighted by Gasteiger charge is -2.26. The molecule has 0 saturated heterocycles. The molecule has 1 unspecified atom stereocenters. The van der Waals surface area contributed by atoms with E-state index in [1.807, 2.05) is 69.2 Å². The third-order valence-electron chi connectivity index (χ3n) is 5.73. The van der Waals surface area contributed by atoms with Gasteiger partial charge in [0.25, 0.3) is 5.91 Å². The molecule has 1 aliphatic rings. The maximum atomic E-state index is 13.6. The lowest BCUT2D eigenvalue weighted by atomic mass is 9.98. The molecule has 0 fully saturated rings. The molecule has 0 aliphatic carbocycles. The summed E-state index contributed by atoms with van der Waals surface area (Å²) in [5, 5.41) is 0.524. The number of benzene rings is 2. The van der Waals surface area contributed by atoms with Crippen molar-refractivity contribution in [1.82, 2.24) is 9.80 Å². The molecule has 1 amide bonds. The zero-order valence-corrected chi connectivity index (χ0v) is 18.5. The summed E-state index contributed by atoms with van der Waals surface area (Å²) in [6.45, 7) is 5.73. The summed E-state index contributed by atoms with van der Waals surface area (Å²) in [5.74, 6) is 0.669. The molecular weight excluding hydrogens is 392 g/mol. The Morgan fingerprint density at radius 3 is 2.45 bits per heavy atom. The molecule has 2 aromatic carbocycles. The number of carbonyl (C=O) groups excluding carboxylic acids is 1. The van der Waals surface area contributed by atoms with Crippen molar-refractivity contribution in [2.45, 2.75) is 26.3 Å². The molecule has 1 atom stereocenters. The van der Waals surface area contributed by atoms with Gasteiger partial charge >= 0.3 is 0 Å². The minimum atomic E-state index is -0.482. The summed E-state index contributed by atoms with van der Waals surface area (Å²) < 4.78 is 11.6. The molecule has 6 heteroatoms. The first-order chi connectivity index (χ1) is 14.9. The van der Waals surface area contributed by atoms with Crippen molar-refractivity contribution >= 4 is 16.9 Å². The van der Waals surface area contributed by atoms with Gasteiger partial charge in [0.05, 0.1) is 23.6 Å². The van der Waals surface area contributed by atoms with Crippen LogP contribution < -0.4 is 10.2 Å². The minimum absolute atomic E-state index is 0.133. The SMILES string of the molecule is CCOc1ccc(C2c3c(oc4ccc(CC)cc4c3=O)C(=O)N2CCN(C)C)cc1. The van der Waals surface area contributed by atoms with E-state index in [0.717, 1.165) is 23.3 Å². The van der Waals surface area contributed by atoms with E-state index in [1.54, 1.807) is 11.0 Å². The van der Waals surface area contributed by atoms with Gasteiger partial charge in [-0.3, -0.25) is 9.59 Å². The predicted octanol–water partition coefficient (Wildman–Crippen LogP) is 3.86. The van der Waals surface area contributed by atoms with Gasteiger partial charge in [0.2, 0.25) is 5.76 Å². The Morgan fingerprint density at radius 1 is 1.06 bits per heavy atom. The third kappa shape index (κ3) is 3.83. The van der Waals surface area contributed by atoms with E-state index in [0.29, 0.717) is 36.2 Å². The Kier molecular flexibility index (Phi) is 5.83. The summed E-state index contributed by atoms with van der Waals surface area (Å²) in [6.07, 6.45) is 0.822. The van der Waals surface area contributed by atoms with Crippen molar-refractivity contribution in [1.29, 1.82) is 0 Å². The lowest BCUT2D eigenvalue weighted by molar-refractivity contribution is 0.0716. The summed E-state index contributed by atoms with van der Waals surface area (Å²) in [4.78, 5) is 30.7. The zero-order chi connectivity index (χ0) is 22.1. The fourth-order valence-electron chi connectivity index (χ4n) is 4.09.